The second-order valence-electron chi connectivity index (χ2n) is 8.96. The third kappa shape index (κ3) is 5.41. The molecule has 11 nitrogen and oxygen atoms in total. The second kappa shape index (κ2) is 11.3. The predicted octanol–water partition coefficient (Wildman–Crippen LogP) is 3.42. The van der Waals surface area contributed by atoms with Gasteiger partial charge < -0.3 is 19.0 Å². The van der Waals surface area contributed by atoms with Gasteiger partial charge in [-0.25, -0.2) is 18.4 Å². The zero-order chi connectivity index (χ0) is 27.4. The van der Waals surface area contributed by atoms with Crippen molar-refractivity contribution in [3.63, 3.8) is 0 Å². The van der Waals surface area contributed by atoms with Gasteiger partial charge in [-0.1, -0.05) is 13.0 Å². The summed E-state index contributed by atoms with van der Waals surface area (Å²) in [5.74, 6) is 1.69. The third-order valence-electron chi connectivity index (χ3n) is 6.29. The molecule has 0 radical (unpaired) electrons. The summed E-state index contributed by atoms with van der Waals surface area (Å²) in [7, 11) is -0.884. The Hall–Kier alpha value is -3.77. The van der Waals surface area contributed by atoms with Gasteiger partial charge in [-0.05, 0) is 50.1 Å². The van der Waals surface area contributed by atoms with Crippen LogP contribution in [0.3, 0.4) is 0 Å². The predicted molar refractivity (Wildman–Crippen MR) is 140 cm³/mol. The number of para-hydroxylation sites is 1. The van der Waals surface area contributed by atoms with Crippen LogP contribution >= 0.6 is 0 Å². The fraction of sp³-hybridized carbons (Fsp3) is 0.385. The Kier molecular flexibility index (Phi) is 8.12. The maximum absolute atomic E-state index is 13.9. The van der Waals surface area contributed by atoms with E-state index < -0.39 is 26.8 Å². The highest BCUT2D eigenvalue weighted by atomic mass is 32.2. The minimum Gasteiger partial charge on any atom is -0.494 e. The Morgan fingerprint density at radius 1 is 1.03 bits per heavy atom. The van der Waals surface area contributed by atoms with Gasteiger partial charge in [-0.15, -0.1) is 10.2 Å². The summed E-state index contributed by atoms with van der Waals surface area (Å²) in [6, 6.07) is 8.75. The molecular formula is C26H31N5O6S. The number of nitrogens with zero attached hydrogens (tertiary/aromatic N) is 5. The number of ether oxygens (including phenoxy) is 2. The molecule has 3 heterocycles. The Labute approximate surface area is 221 Å². The van der Waals surface area contributed by atoms with Crippen LogP contribution in [0.4, 0.5) is 0 Å². The smallest absolute Gasteiger partial charge is 0.204 e. The zero-order valence-electron chi connectivity index (χ0n) is 22.0. The van der Waals surface area contributed by atoms with Crippen LogP contribution in [0.2, 0.25) is 0 Å². The Balaban J connectivity index is 1.84. The Morgan fingerprint density at radius 3 is 2.24 bits per heavy atom. The van der Waals surface area contributed by atoms with Crippen LogP contribution in [0.25, 0.3) is 17.3 Å². The van der Waals surface area contributed by atoms with E-state index in [9.17, 15) is 13.5 Å². The lowest BCUT2D eigenvalue weighted by Crippen LogP contribution is -2.31. The lowest BCUT2D eigenvalue weighted by atomic mass is 10.0. The number of furan rings is 1. The number of aryl methyl sites for hydroxylation is 2. The van der Waals surface area contributed by atoms with E-state index in [-0.39, 0.29) is 18.9 Å². The van der Waals surface area contributed by atoms with Crippen LogP contribution in [0.15, 0.2) is 47.1 Å². The van der Waals surface area contributed by atoms with Crippen molar-refractivity contribution in [1.82, 2.24) is 24.7 Å². The first-order valence-electron chi connectivity index (χ1n) is 12.0. The number of aliphatic hydroxyl groups excluding tert-OH is 1. The highest BCUT2D eigenvalue weighted by Crippen LogP contribution is 2.37. The molecule has 0 spiro atoms. The summed E-state index contributed by atoms with van der Waals surface area (Å²) in [5.41, 5.74) is 1.30. The van der Waals surface area contributed by atoms with Crippen molar-refractivity contribution in [2.24, 2.45) is 0 Å². The SMILES string of the molecule is COc1cccc(OC)c1-n1c(CS(=O)(=O)[C@H](CCO)[C@H](C)c2ncc(C)cn2)nnc1-c1ccc(C)o1. The van der Waals surface area contributed by atoms with Crippen LogP contribution < -0.4 is 9.47 Å². The number of methoxy groups -OCH3 is 2. The molecule has 202 valence electrons. The topological polar surface area (TPSA) is 142 Å². The van der Waals surface area contributed by atoms with Gasteiger partial charge in [0.1, 0.15) is 34.5 Å². The number of aliphatic hydroxyl groups is 1. The van der Waals surface area contributed by atoms with E-state index in [4.69, 9.17) is 13.9 Å². The van der Waals surface area contributed by atoms with E-state index in [1.54, 1.807) is 61.1 Å². The van der Waals surface area contributed by atoms with Gasteiger partial charge in [0.2, 0.25) is 5.82 Å². The van der Waals surface area contributed by atoms with Gasteiger partial charge in [-0.3, -0.25) is 4.57 Å². The number of hydrogen-bond donors (Lipinski definition) is 1. The fourth-order valence-corrected chi connectivity index (χ4v) is 6.34. The molecule has 1 N–H and O–H groups in total. The molecule has 12 heteroatoms. The van der Waals surface area contributed by atoms with Crippen molar-refractivity contribution in [3.05, 3.63) is 65.7 Å². The molecule has 2 atom stereocenters. The Bertz CT molecular complexity index is 1470. The van der Waals surface area contributed by atoms with E-state index in [1.807, 2.05) is 6.92 Å². The molecule has 38 heavy (non-hydrogen) atoms. The summed E-state index contributed by atoms with van der Waals surface area (Å²) in [4.78, 5) is 8.65. The summed E-state index contributed by atoms with van der Waals surface area (Å²) in [5, 5.41) is 17.4. The van der Waals surface area contributed by atoms with E-state index in [2.05, 4.69) is 20.2 Å². The highest BCUT2D eigenvalue weighted by molar-refractivity contribution is 7.91. The highest BCUT2D eigenvalue weighted by Gasteiger charge is 2.35. The van der Waals surface area contributed by atoms with Crippen LogP contribution in [-0.4, -0.2) is 64.3 Å². The number of benzene rings is 1. The molecule has 0 aliphatic carbocycles. The number of sulfone groups is 1. The first kappa shape index (κ1) is 27.3. The van der Waals surface area contributed by atoms with Gasteiger partial charge in [0.15, 0.2) is 21.4 Å². The average Bonchev–Trinajstić information content (AvgIpc) is 3.51. The fourth-order valence-electron chi connectivity index (χ4n) is 4.37. The van der Waals surface area contributed by atoms with Crippen molar-refractivity contribution in [2.45, 2.75) is 44.1 Å². The lowest BCUT2D eigenvalue weighted by molar-refractivity contribution is 0.280. The summed E-state index contributed by atoms with van der Waals surface area (Å²) < 4.78 is 46.3. The molecule has 4 aromatic rings. The molecule has 0 amide bonds. The van der Waals surface area contributed by atoms with Crippen molar-refractivity contribution in [1.29, 1.82) is 0 Å². The normalized spacial score (nSPS) is 13.3. The average molecular weight is 542 g/mol. The van der Waals surface area contributed by atoms with E-state index >= 15 is 0 Å². The van der Waals surface area contributed by atoms with Crippen LogP contribution in [0.5, 0.6) is 11.5 Å². The molecule has 0 saturated heterocycles. The number of hydrogen-bond acceptors (Lipinski definition) is 10. The monoisotopic (exact) mass is 541 g/mol. The molecule has 1 aromatic carbocycles. The maximum Gasteiger partial charge on any atom is 0.204 e. The molecule has 0 aliphatic rings. The zero-order valence-corrected chi connectivity index (χ0v) is 22.8. The molecular weight excluding hydrogens is 510 g/mol. The van der Waals surface area contributed by atoms with Crippen molar-refractivity contribution in [3.8, 4) is 28.8 Å². The quantitative estimate of drug-likeness (QED) is 0.300. The molecule has 4 rings (SSSR count). The summed E-state index contributed by atoms with van der Waals surface area (Å²) in [6.07, 6.45) is 3.30. The first-order valence-corrected chi connectivity index (χ1v) is 13.7. The van der Waals surface area contributed by atoms with E-state index in [1.165, 1.54) is 14.2 Å². The van der Waals surface area contributed by atoms with Crippen molar-refractivity contribution < 1.29 is 27.4 Å². The van der Waals surface area contributed by atoms with E-state index in [0.717, 1.165) is 5.56 Å². The van der Waals surface area contributed by atoms with Crippen LogP contribution in [0.1, 0.15) is 42.2 Å². The number of aromatic nitrogens is 5. The van der Waals surface area contributed by atoms with Gasteiger partial charge >= 0.3 is 0 Å². The third-order valence-corrected chi connectivity index (χ3v) is 8.51. The second-order valence-corrected chi connectivity index (χ2v) is 11.2. The molecule has 0 unspecified atom stereocenters. The number of rotatable bonds is 11. The van der Waals surface area contributed by atoms with Gasteiger partial charge in [0.05, 0.1) is 19.5 Å². The molecule has 0 fully saturated rings. The largest absolute Gasteiger partial charge is 0.494 e. The minimum absolute atomic E-state index is 0.0110. The molecule has 3 aromatic heterocycles. The van der Waals surface area contributed by atoms with E-state index in [0.29, 0.717) is 40.4 Å². The maximum atomic E-state index is 13.9. The summed E-state index contributed by atoms with van der Waals surface area (Å²) >= 11 is 0. The van der Waals surface area contributed by atoms with Gasteiger partial charge in [-0.2, -0.15) is 0 Å². The lowest BCUT2D eigenvalue weighted by Gasteiger charge is -2.23. The molecule has 0 saturated carbocycles. The summed E-state index contributed by atoms with van der Waals surface area (Å²) in [6.45, 7) is 5.08. The molecule has 0 aliphatic heterocycles. The van der Waals surface area contributed by atoms with Crippen molar-refractivity contribution >= 4 is 9.84 Å². The Morgan fingerprint density at radius 2 is 1.68 bits per heavy atom. The first-order chi connectivity index (χ1) is 18.2. The van der Waals surface area contributed by atoms with Crippen molar-refractivity contribution in [2.75, 3.05) is 20.8 Å². The van der Waals surface area contributed by atoms with Gasteiger partial charge in [0, 0.05) is 24.9 Å². The standard InChI is InChI=1S/C26H31N5O6S/c1-16-13-27-25(28-14-16)18(3)22(11-12-32)38(33,34)15-23-29-30-26(21-10-9-17(2)37-21)31(23)24-19(35-4)7-6-8-20(24)36-5/h6-10,13-14,18,22,32H,11-12,15H2,1-5H3/t18-,22+/m0/s1. The van der Waals surface area contributed by atoms with Gasteiger partial charge in [0.25, 0.3) is 0 Å². The van der Waals surface area contributed by atoms with Crippen LogP contribution in [0, 0.1) is 13.8 Å². The molecule has 0 bridgehead atoms. The minimum atomic E-state index is -3.90. The van der Waals surface area contributed by atoms with Crippen LogP contribution in [-0.2, 0) is 15.6 Å².